The predicted octanol–water partition coefficient (Wildman–Crippen LogP) is 6.53. The molecule has 1 aliphatic rings. The number of rotatable bonds is 8. The van der Waals surface area contributed by atoms with Crippen LogP contribution >= 0.6 is 23.5 Å². The highest BCUT2D eigenvalue weighted by molar-refractivity contribution is 8.17. The van der Waals surface area contributed by atoms with Crippen LogP contribution in [-0.4, -0.2) is 27.9 Å². The molecule has 2 N–H and O–H groups in total. The van der Waals surface area contributed by atoms with Crippen LogP contribution in [0.1, 0.15) is 32.6 Å². The number of hydrogen-bond donors (Lipinski definition) is 2. The van der Waals surface area contributed by atoms with E-state index < -0.39 is 10.2 Å². The number of amides is 2. The number of nitrogens with one attached hydrogen (secondary N) is 2. The lowest BCUT2D eigenvalue weighted by atomic mass is 10.1. The summed E-state index contributed by atoms with van der Waals surface area (Å²) in [7, 11) is 0. The van der Waals surface area contributed by atoms with E-state index in [4.69, 9.17) is 4.99 Å². The third-order valence-corrected chi connectivity index (χ3v) is 9.18. The Morgan fingerprint density at radius 3 is 1.74 bits per heavy atom. The minimum atomic E-state index is -1.57. The highest BCUT2D eigenvalue weighted by Crippen LogP contribution is 2.44. The zero-order chi connectivity index (χ0) is 27.4. The Labute approximate surface area is 237 Å². The molecule has 7 heteroatoms. The molecule has 1 atom stereocenters. The fourth-order valence-electron chi connectivity index (χ4n) is 4.12. The van der Waals surface area contributed by atoms with Crippen molar-refractivity contribution in [2.24, 2.45) is 4.99 Å². The van der Waals surface area contributed by atoms with E-state index in [2.05, 4.69) is 10.6 Å². The van der Waals surface area contributed by atoms with Crippen molar-refractivity contribution in [2.75, 3.05) is 0 Å². The van der Waals surface area contributed by atoms with E-state index in [-0.39, 0.29) is 11.8 Å². The van der Waals surface area contributed by atoms with Crippen LogP contribution in [0, 0.1) is 20.8 Å². The molecule has 0 saturated heterocycles. The summed E-state index contributed by atoms with van der Waals surface area (Å²) in [6, 6.07) is 33.1. The van der Waals surface area contributed by atoms with Crippen LogP contribution in [0.3, 0.4) is 0 Å². The maximum absolute atomic E-state index is 14.0. The number of carbonyl (C=O) groups excluding carboxylic acids is 2. The summed E-state index contributed by atoms with van der Waals surface area (Å²) in [6.45, 7) is 6.05. The van der Waals surface area contributed by atoms with Crippen LogP contribution in [0.15, 0.2) is 118 Å². The molecule has 0 bridgehead atoms. The number of hydrogen-bond acceptors (Lipinski definition) is 5. The molecule has 5 nitrogen and oxygen atoms in total. The smallest absolute Gasteiger partial charge is 0.276 e. The molecule has 0 spiro atoms. The first-order valence-corrected chi connectivity index (χ1v) is 14.4. The summed E-state index contributed by atoms with van der Waals surface area (Å²) in [5.74, 6) is -0.294. The van der Waals surface area contributed by atoms with Crippen LogP contribution in [-0.2, 0) is 4.79 Å². The van der Waals surface area contributed by atoms with Crippen molar-refractivity contribution in [3.63, 3.8) is 0 Å². The van der Waals surface area contributed by atoms with Crippen LogP contribution in [0.4, 0.5) is 0 Å². The fraction of sp³-hybridized carbons (Fsp3) is 0.156. The van der Waals surface area contributed by atoms with Gasteiger partial charge < -0.3 is 10.6 Å². The number of aliphatic imine (C=N–C) groups is 1. The monoisotopic (exact) mass is 551 g/mol. The maximum atomic E-state index is 14.0. The summed E-state index contributed by atoms with van der Waals surface area (Å²) in [6.07, 6.45) is 0. The molecule has 0 aliphatic carbocycles. The van der Waals surface area contributed by atoms with Gasteiger partial charge in [-0.15, -0.1) is 23.5 Å². The molecule has 2 amide bonds. The standard InChI is InChI=1S/C32H29N3O2S2/c1-21-9-15-25(16-10-21)29(36)35-32(30(37)33-28(34-32)24-7-5-4-6-8-24)31(38-26-17-11-22(2)12-18-26)39-27-19-13-23(3)14-20-27/h4-20,31H,1-3H3,(H,35,36)(H,33,34,37). The summed E-state index contributed by atoms with van der Waals surface area (Å²) >= 11 is 3.03. The van der Waals surface area contributed by atoms with Crippen molar-refractivity contribution in [1.29, 1.82) is 0 Å². The van der Waals surface area contributed by atoms with Gasteiger partial charge >= 0.3 is 0 Å². The first kappa shape index (κ1) is 26.8. The van der Waals surface area contributed by atoms with Gasteiger partial charge in [0.1, 0.15) is 10.4 Å². The summed E-state index contributed by atoms with van der Waals surface area (Å²) < 4.78 is -0.515. The molecule has 0 saturated carbocycles. The lowest BCUT2D eigenvalue weighted by Gasteiger charge is -2.32. The zero-order valence-electron chi connectivity index (χ0n) is 22.0. The molecule has 196 valence electrons. The average Bonchev–Trinajstić information content (AvgIpc) is 3.28. The second-order valence-electron chi connectivity index (χ2n) is 9.56. The Morgan fingerprint density at radius 1 is 0.744 bits per heavy atom. The van der Waals surface area contributed by atoms with Crippen LogP contribution in [0.2, 0.25) is 0 Å². The normalized spacial score (nSPS) is 16.6. The van der Waals surface area contributed by atoms with Crippen molar-refractivity contribution in [3.8, 4) is 0 Å². The van der Waals surface area contributed by atoms with Gasteiger partial charge in [-0.25, -0.2) is 4.99 Å². The fourth-order valence-corrected chi connectivity index (χ4v) is 6.84. The topological polar surface area (TPSA) is 70.6 Å². The van der Waals surface area contributed by atoms with Crippen LogP contribution < -0.4 is 10.6 Å². The number of benzene rings is 4. The molecular formula is C32H29N3O2S2. The number of nitrogens with zero attached hydrogens (tertiary/aromatic N) is 1. The van der Waals surface area contributed by atoms with Crippen LogP contribution in [0.25, 0.3) is 0 Å². The van der Waals surface area contributed by atoms with Gasteiger partial charge in [-0.1, -0.05) is 83.4 Å². The summed E-state index contributed by atoms with van der Waals surface area (Å²) in [5.41, 5.74) is 3.01. The van der Waals surface area contributed by atoms with E-state index in [1.54, 1.807) is 12.1 Å². The van der Waals surface area contributed by atoms with Gasteiger partial charge in [0.15, 0.2) is 0 Å². The molecule has 0 aromatic heterocycles. The first-order valence-electron chi connectivity index (χ1n) is 12.6. The summed E-state index contributed by atoms with van der Waals surface area (Å²) in [4.78, 5) is 34.5. The number of aryl methyl sites for hydroxylation is 3. The molecule has 1 heterocycles. The van der Waals surface area contributed by atoms with E-state index in [0.717, 1.165) is 32.0 Å². The van der Waals surface area contributed by atoms with Gasteiger partial charge in [-0.2, -0.15) is 0 Å². The first-order chi connectivity index (χ1) is 18.8. The molecule has 5 rings (SSSR count). The van der Waals surface area contributed by atoms with Crippen molar-refractivity contribution < 1.29 is 9.59 Å². The molecular weight excluding hydrogens is 523 g/mol. The van der Waals surface area contributed by atoms with Gasteiger partial charge in [0.05, 0.1) is 0 Å². The molecule has 0 fully saturated rings. The molecule has 1 aliphatic heterocycles. The average molecular weight is 552 g/mol. The van der Waals surface area contributed by atoms with Gasteiger partial charge in [0.25, 0.3) is 11.8 Å². The molecule has 0 radical (unpaired) electrons. The minimum absolute atomic E-state index is 0.359. The highest BCUT2D eigenvalue weighted by atomic mass is 32.2. The van der Waals surface area contributed by atoms with Gasteiger partial charge in [-0.05, 0) is 57.2 Å². The Morgan fingerprint density at radius 2 is 1.23 bits per heavy atom. The van der Waals surface area contributed by atoms with Crippen molar-refractivity contribution in [2.45, 2.75) is 40.8 Å². The molecule has 4 aromatic rings. The highest BCUT2D eigenvalue weighted by Gasteiger charge is 2.52. The predicted molar refractivity (Wildman–Crippen MR) is 160 cm³/mol. The lowest BCUT2D eigenvalue weighted by Crippen LogP contribution is -2.59. The Bertz CT molecular complexity index is 1450. The number of amidine groups is 1. The second-order valence-corrected chi connectivity index (χ2v) is 12.2. The summed E-state index contributed by atoms with van der Waals surface area (Å²) in [5, 5.41) is 6.03. The maximum Gasteiger partial charge on any atom is 0.276 e. The Hall–Kier alpha value is -3.81. The SMILES string of the molecule is Cc1ccc(SC(Sc2ccc(C)cc2)C2(NC(=O)c3ccc(C)cc3)N=C(c3ccccc3)NC2=O)cc1. The van der Waals surface area contributed by atoms with E-state index in [1.165, 1.54) is 23.5 Å². The van der Waals surface area contributed by atoms with Crippen molar-refractivity contribution in [1.82, 2.24) is 10.6 Å². The largest absolute Gasteiger partial charge is 0.318 e. The molecule has 1 unspecified atom stereocenters. The number of carbonyl (C=O) groups is 2. The quantitative estimate of drug-likeness (QED) is 0.193. The lowest BCUT2D eigenvalue weighted by molar-refractivity contribution is -0.124. The van der Waals surface area contributed by atoms with E-state index in [1.807, 2.05) is 112 Å². The third kappa shape index (κ3) is 6.10. The van der Waals surface area contributed by atoms with Crippen molar-refractivity contribution in [3.05, 3.63) is 131 Å². The van der Waals surface area contributed by atoms with Gasteiger partial charge in [0, 0.05) is 20.9 Å². The van der Waals surface area contributed by atoms with Crippen LogP contribution in [0.5, 0.6) is 0 Å². The Balaban J connectivity index is 1.61. The van der Waals surface area contributed by atoms with E-state index >= 15 is 0 Å². The van der Waals surface area contributed by atoms with Gasteiger partial charge in [-0.3, -0.25) is 9.59 Å². The molecule has 39 heavy (non-hydrogen) atoms. The second kappa shape index (κ2) is 11.5. The third-order valence-electron chi connectivity index (χ3n) is 6.40. The Kier molecular flexibility index (Phi) is 7.91. The minimum Gasteiger partial charge on any atom is -0.318 e. The van der Waals surface area contributed by atoms with Gasteiger partial charge in [0.2, 0.25) is 5.66 Å². The van der Waals surface area contributed by atoms with Crippen molar-refractivity contribution >= 4 is 41.2 Å². The van der Waals surface area contributed by atoms with E-state index in [9.17, 15) is 9.59 Å². The van der Waals surface area contributed by atoms with E-state index in [0.29, 0.717) is 11.4 Å². The zero-order valence-corrected chi connectivity index (χ0v) is 23.6. The molecule has 4 aromatic carbocycles. The number of thioether (sulfide) groups is 2.